The van der Waals surface area contributed by atoms with Gasteiger partial charge in [0.2, 0.25) is 0 Å². The Morgan fingerprint density at radius 1 is 1.56 bits per heavy atom. The summed E-state index contributed by atoms with van der Waals surface area (Å²) in [4.78, 5) is 26.4. The molecule has 0 aromatic carbocycles. The van der Waals surface area contributed by atoms with Gasteiger partial charge in [0, 0.05) is 6.20 Å². The van der Waals surface area contributed by atoms with Gasteiger partial charge in [0.1, 0.15) is 11.7 Å². The van der Waals surface area contributed by atoms with Crippen molar-refractivity contribution >= 4 is 11.9 Å². The molecule has 0 aliphatic carbocycles. The minimum Gasteiger partial charge on any atom is -0.480 e. The van der Waals surface area contributed by atoms with E-state index >= 15 is 0 Å². The first-order valence-corrected chi connectivity index (χ1v) is 5.01. The van der Waals surface area contributed by atoms with Gasteiger partial charge in [-0.25, -0.2) is 4.79 Å². The van der Waals surface area contributed by atoms with Crippen LogP contribution in [0.15, 0.2) is 18.3 Å². The Labute approximate surface area is 93.5 Å². The van der Waals surface area contributed by atoms with Gasteiger partial charge in [0.05, 0.1) is 0 Å². The second-order valence-corrected chi connectivity index (χ2v) is 3.44. The number of carboxylic acid groups (broad SMARTS) is 1. The van der Waals surface area contributed by atoms with Gasteiger partial charge in [-0.2, -0.15) is 0 Å². The number of aromatic nitrogens is 1. The van der Waals surface area contributed by atoms with Crippen LogP contribution in [0.2, 0.25) is 0 Å². The number of hydrogen-bond donors (Lipinski definition) is 2. The van der Waals surface area contributed by atoms with Crippen LogP contribution in [0.4, 0.5) is 0 Å². The molecule has 0 saturated carbocycles. The number of hydrogen-bond acceptors (Lipinski definition) is 3. The second kappa shape index (κ2) is 5.25. The second-order valence-electron chi connectivity index (χ2n) is 3.44. The quantitative estimate of drug-likeness (QED) is 0.796. The lowest BCUT2D eigenvalue weighted by atomic mass is 10.2. The summed E-state index contributed by atoms with van der Waals surface area (Å²) in [6.45, 7) is 3.45. The smallest absolute Gasteiger partial charge is 0.326 e. The number of rotatable bonds is 4. The fraction of sp³-hybridized carbons (Fsp3) is 0.364. The Kier molecular flexibility index (Phi) is 3.99. The Balaban J connectivity index is 2.80. The zero-order valence-electron chi connectivity index (χ0n) is 9.23. The highest BCUT2D eigenvalue weighted by Gasteiger charge is 2.19. The fourth-order valence-electron chi connectivity index (χ4n) is 1.29. The molecule has 1 atom stereocenters. The van der Waals surface area contributed by atoms with E-state index in [-0.39, 0.29) is 5.69 Å². The van der Waals surface area contributed by atoms with Crippen LogP contribution < -0.4 is 5.32 Å². The van der Waals surface area contributed by atoms with Crippen LogP contribution in [0, 0.1) is 6.92 Å². The van der Waals surface area contributed by atoms with Crippen molar-refractivity contribution in [2.75, 3.05) is 0 Å². The summed E-state index contributed by atoms with van der Waals surface area (Å²) < 4.78 is 0. The average Bonchev–Trinajstić information content (AvgIpc) is 2.25. The van der Waals surface area contributed by atoms with E-state index < -0.39 is 17.9 Å². The lowest BCUT2D eigenvalue weighted by Gasteiger charge is -2.12. The molecule has 16 heavy (non-hydrogen) atoms. The first kappa shape index (κ1) is 12.2. The van der Waals surface area contributed by atoms with E-state index in [0.29, 0.717) is 6.42 Å². The largest absolute Gasteiger partial charge is 0.480 e. The number of nitrogens with one attached hydrogen (secondary N) is 1. The van der Waals surface area contributed by atoms with Crippen LogP contribution in [-0.4, -0.2) is 28.0 Å². The van der Waals surface area contributed by atoms with Crippen LogP contribution in [0.1, 0.15) is 29.4 Å². The summed E-state index contributed by atoms with van der Waals surface area (Å²) in [5.41, 5.74) is 0.988. The van der Waals surface area contributed by atoms with Crippen molar-refractivity contribution in [3.8, 4) is 0 Å². The fourth-order valence-corrected chi connectivity index (χ4v) is 1.29. The average molecular weight is 222 g/mol. The molecule has 0 radical (unpaired) electrons. The van der Waals surface area contributed by atoms with Gasteiger partial charge in [-0.05, 0) is 25.0 Å². The van der Waals surface area contributed by atoms with Gasteiger partial charge in [-0.1, -0.05) is 13.0 Å². The van der Waals surface area contributed by atoms with Gasteiger partial charge < -0.3 is 10.4 Å². The summed E-state index contributed by atoms with van der Waals surface area (Å²) in [6, 6.07) is 2.61. The molecule has 0 unspecified atom stereocenters. The predicted molar refractivity (Wildman–Crippen MR) is 58.2 cm³/mol. The van der Waals surface area contributed by atoms with E-state index in [1.807, 2.05) is 0 Å². The van der Waals surface area contributed by atoms with Crippen LogP contribution in [0.3, 0.4) is 0 Å². The minimum atomic E-state index is -1.04. The van der Waals surface area contributed by atoms with Crippen LogP contribution >= 0.6 is 0 Å². The van der Waals surface area contributed by atoms with Gasteiger partial charge in [-0.3, -0.25) is 9.78 Å². The zero-order chi connectivity index (χ0) is 12.1. The molecule has 5 heteroatoms. The van der Waals surface area contributed by atoms with Crippen molar-refractivity contribution in [1.29, 1.82) is 0 Å². The van der Waals surface area contributed by atoms with E-state index in [1.165, 1.54) is 6.20 Å². The molecule has 0 fully saturated rings. The third-order valence-corrected chi connectivity index (χ3v) is 2.24. The van der Waals surface area contributed by atoms with Crippen LogP contribution in [0.25, 0.3) is 0 Å². The number of amides is 1. The number of aryl methyl sites for hydroxylation is 1. The van der Waals surface area contributed by atoms with E-state index in [1.54, 1.807) is 26.0 Å². The summed E-state index contributed by atoms with van der Waals surface area (Å²) in [7, 11) is 0. The standard InChI is InChI=1S/C11H14N2O3/c1-3-8(11(15)16)13-10(14)9-7(2)5-4-6-12-9/h4-6,8H,3H2,1-2H3,(H,13,14)(H,15,16)/t8-/m1/s1. The highest BCUT2D eigenvalue weighted by Crippen LogP contribution is 2.03. The molecule has 1 heterocycles. The van der Waals surface area contributed by atoms with Gasteiger partial charge in [-0.15, -0.1) is 0 Å². The number of pyridine rings is 1. The topological polar surface area (TPSA) is 79.3 Å². The molecule has 1 aromatic rings. The molecule has 0 saturated heterocycles. The third kappa shape index (κ3) is 2.79. The number of nitrogens with zero attached hydrogens (tertiary/aromatic N) is 1. The van der Waals surface area contributed by atoms with Crippen molar-refractivity contribution in [2.24, 2.45) is 0 Å². The molecule has 86 valence electrons. The van der Waals surface area contributed by atoms with E-state index in [4.69, 9.17) is 5.11 Å². The van der Waals surface area contributed by atoms with Gasteiger partial charge >= 0.3 is 5.97 Å². The maximum atomic E-state index is 11.7. The molecule has 1 aromatic heterocycles. The molecule has 1 rings (SSSR count). The summed E-state index contributed by atoms with van der Waals surface area (Å²) >= 11 is 0. The van der Waals surface area contributed by atoms with Crippen molar-refractivity contribution in [3.63, 3.8) is 0 Å². The van der Waals surface area contributed by atoms with Crippen molar-refractivity contribution in [1.82, 2.24) is 10.3 Å². The van der Waals surface area contributed by atoms with Crippen molar-refractivity contribution in [3.05, 3.63) is 29.6 Å². The number of carbonyl (C=O) groups excluding carboxylic acids is 1. The minimum absolute atomic E-state index is 0.266. The number of carboxylic acids is 1. The highest BCUT2D eigenvalue weighted by molar-refractivity contribution is 5.96. The summed E-state index contributed by atoms with van der Waals surface area (Å²) in [5.74, 6) is -1.49. The maximum absolute atomic E-state index is 11.7. The Hall–Kier alpha value is -1.91. The lowest BCUT2D eigenvalue weighted by Crippen LogP contribution is -2.40. The first-order chi connectivity index (χ1) is 7.56. The monoisotopic (exact) mass is 222 g/mol. The highest BCUT2D eigenvalue weighted by atomic mass is 16.4. The molecular formula is C11H14N2O3. The third-order valence-electron chi connectivity index (χ3n) is 2.24. The lowest BCUT2D eigenvalue weighted by molar-refractivity contribution is -0.139. The van der Waals surface area contributed by atoms with E-state index in [0.717, 1.165) is 5.56 Å². The molecule has 2 N–H and O–H groups in total. The van der Waals surface area contributed by atoms with Crippen molar-refractivity contribution in [2.45, 2.75) is 26.3 Å². The molecule has 0 spiro atoms. The van der Waals surface area contributed by atoms with E-state index in [9.17, 15) is 9.59 Å². The van der Waals surface area contributed by atoms with E-state index in [2.05, 4.69) is 10.3 Å². The molecule has 0 aliphatic rings. The number of aliphatic carboxylic acids is 1. The predicted octanol–water partition coefficient (Wildman–Crippen LogP) is 0.983. The molecule has 5 nitrogen and oxygen atoms in total. The van der Waals surface area contributed by atoms with Crippen LogP contribution in [-0.2, 0) is 4.79 Å². The molecule has 0 bridgehead atoms. The maximum Gasteiger partial charge on any atom is 0.326 e. The first-order valence-electron chi connectivity index (χ1n) is 5.01. The normalized spacial score (nSPS) is 11.9. The summed E-state index contributed by atoms with van der Waals surface area (Å²) in [6.07, 6.45) is 1.84. The zero-order valence-corrected chi connectivity index (χ0v) is 9.23. The van der Waals surface area contributed by atoms with Gasteiger partial charge in [0.15, 0.2) is 0 Å². The number of carbonyl (C=O) groups is 2. The Morgan fingerprint density at radius 3 is 2.75 bits per heavy atom. The Morgan fingerprint density at radius 2 is 2.25 bits per heavy atom. The summed E-state index contributed by atoms with van der Waals surface area (Å²) in [5, 5.41) is 11.2. The van der Waals surface area contributed by atoms with Gasteiger partial charge in [0.25, 0.3) is 5.91 Å². The SMILES string of the molecule is CC[C@@H](NC(=O)c1ncccc1C)C(=O)O. The van der Waals surface area contributed by atoms with Crippen LogP contribution in [0.5, 0.6) is 0 Å². The van der Waals surface area contributed by atoms with Crippen molar-refractivity contribution < 1.29 is 14.7 Å². The molecule has 1 amide bonds. The molecular weight excluding hydrogens is 208 g/mol. The Bertz CT molecular complexity index is 404. The molecule has 0 aliphatic heterocycles.